The molecule has 0 aromatic carbocycles. The molecule has 118 valence electrons. The van der Waals surface area contributed by atoms with Gasteiger partial charge in [0.1, 0.15) is 4.88 Å². The van der Waals surface area contributed by atoms with Crippen molar-refractivity contribution < 1.29 is 14.6 Å². The lowest BCUT2D eigenvalue weighted by atomic mass is 9.91. The van der Waals surface area contributed by atoms with Crippen molar-refractivity contribution in [3.8, 4) is 0 Å². The van der Waals surface area contributed by atoms with Gasteiger partial charge in [-0.15, -0.1) is 0 Å². The van der Waals surface area contributed by atoms with Crippen LogP contribution in [0.15, 0.2) is 0 Å². The fraction of sp³-hybridized carbons (Fsp3) is 0.733. The van der Waals surface area contributed by atoms with Crippen LogP contribution in [0, 0.1) is 5.92 Å². The topological polar surface area (TPSA) is 62.7 Å². The van der Waals surface area contributed by atoms with E-state index in [1.54, 1.807) is 7.11 Å². The van der Waals surface area contributed by atoms with Gasteiger partial charge in [0.2, 0.25) is 0 Å². The van der Waals surface area contributed by atoms with Gasteiger partial charge in [-0.1, -0.05) is 32.1 Å². The van der Waals surface area contributed by atoms with Gasteiger partial charge in [0.15, 0.2) is 5.13 Å². The zero-order chi connectivity index (χ0) is 15.6. The summed E-state index contributed by atoms with van der Waals surface area (Å²) >= 11 is 1.30. The molecule has 0 aliphatic carbocycles. The van der Waals surface area contributed by atoms with Crippen molar-refractivity contribution in [2.24, 2.45) is 5.92 Å². The van der Waals surface area contributed by atoms with Gasteiger partial charge < -0.3 is 14.7 Å². The number of thiazole rings is 1. The van der Waals surface area contributed by atoms with Crippen molar-refractivity contribution in [1.29, 1.82) is 0 Å². The predicted octanol–water partition coefficient (Wildman–Crippen LogP) is 3.00. The highest BCUT2D eigenvalue weighted by molar-refractivity contribution is 7.17. The molecule has 1 aliphatic heterocycles. The maximum atomic E-state index is 11.5. The van der Waals surface area contributed by atoms with Gasteiger partial charge in [-0.2, -0.15) is 0 Å². The molecule has 0 radical (unpaired) electrons. The van der Waals surface area contributed by atoms with Crippen LogP contribution >= 0.6 is 11.3 Å². The number of methoxy groups -OCH3 is 1. The summed E-state index contributed by atoms with van der Waals surface area (Å²) in [4.78, 5) is 18.7. The first kappa shape index (κ1) is 16.2. The molecule has 2 rings (SSSR count). The van der Waals surface area contributed by atoms with Crippen LogP contribution in [0.4, 0.5) is 5.13 Å². The second-order valence-electron chi connectivity index (χ2n) is 6.64. The lowest BCUT2D eigenvalue weighted by Gasteiger charge is -2.32. The lowest BCUT2D eigenvalue weighted by molar-refractivity contribution is 0.0699. The van der Waals surface area contributed by atoms with Gasteiger partial charge in [0.05, 0.1) is 12.3 Å². The highest BCUT2D eigenvalue weighted by Crippen LogP contribution is 2.35. The molecule has 21 heavy (non-hydrogen) atoms. The molecular weight excluding hydrogens is 288 g/mol. The van der Waals surface area contributed by atoms with E-state index in [2.05, 4.69) is 9.88 Å². The second-order valence-corrected chi connectivity index (χ2v) is 7.62. The molecule has 0 saturated carbocycles. The van der Waals surface area contributed by atoms with Gasteiger partial charge in [-0.25, -0.2) is 9.78 Å². The van der Waals surface area contributed by atoms with E-state index in [9.17, 15) is 9.90 Å². The smallest absolute Gasteiger partial charge is 0.347 e. The zero-order valence-corrected chi connectivity index (χ0v) is 14.0. The number of anilines is 1. The highest BCUT2D eigenvalue weighted by atomic mass is 32.1. The van der Waals surface area contributed by atoms with E-state index in [1.807, 2.05) is 20.8 Å². The Labute approximate surface area is 129 Å². The van der Waals surface area contributed by atoms with E-state index in [1.165, 1.54) is 11.3 Å². The van der Waals surface area contributed by atoms with Gasteiger partial charge in [-0.05, 0) is 18.8 Å². The van der Waals surface area contributed by atoms with Crippen molar-refractivity contribution in [3.63, 3.8) is 0 Å². The van der Waals surface area contributed by atoms with Crippen LogP contribution in [-0.4, -0.2) is 42.9 Å². The zero-order valence-electron chi connectivity index (χ0n) is 13.2. The molecule has 2 heterocycles. The van der Waals surface area contributed by atoms with Crippen molar-refractivity contribution in [2.45, 2.75) is 39.0 Å². The lowest BCUT2D eigenvalue weighted by Crippen LogP contribution is -2.37. The molecule has 1 aromatic rings. The van der Waals surface area contributed by atoms with Gasteiger partial charge in [0.25, 0.3) is 0 Å². The fourth-order valence-electron chi connectivity index (χ4n) is 2.71. The maximum absolute atomic E-state index is 11.5. The first-order chi connectivity index (χ1) is 9.82. The number of piperidine rings is 1. The van der Waals surface area contributed by atoms with Crippen molar-refractivity contribution in [3.05, 3.63) is 10.6 Å². The number of carbonyl (C=O) groups is 1. The minimum atomic E-state index is -0.880. The van der Waals surface area contributed by atoms with E-state index in [0.717, 1.165) is 37.7 Å². The molecular formula is C15H24N2O3S. The summed E-state index contributed by atoms with van der Waals surface area (Å²) in [6.07, 6.45) is 2.26. The average Bonchev–Trinajstić information content (AvgIpc) is 2.84. The fourth-order valence-corrected chi connectivity index (χ4v) is 3.86. The molecule has 1 aromatic heterocycles. The monoisotopic (exact) mass is 312 g/mol. The Morgan fingerprint density at radius 3 is 2.76 bits per heavy atom. The normalized spacial score (nSPS) is 19.8. The van der Waals surface area contributed by atoms with Crippen LogP contribution in [0.25, 0.3) is 0 Å². The molecule has 5 nitrogen and oxygen atoms in total. The number of hydrogen-bond donors (Lipinski definition) is 1. The molecule has 0 amide bonds. The Hall–Kier alpha value is -1.14. The van der Waals surface area contributed by atoms with Crippen LogP contribution < -0.4 is 4.90 Å². The number of carboxylic acid groups (broad SMARTS) is 1. The van der Waals surface area contributed by atoms with Crippen molar-refractivity contribution in [2.75, 3.05) is 31.7 Å². The average molecular weight is 312 g/mol. The van der Waals surface area contributed by atoms with Crippen molar-refractivity contribution in [1.82, 2.24) is 4.98 Å². The number of ether oxygens (including phenoxy) is 1. The summed E-state index contributed by atoms with van der Waals surface area (Å²) in [5.41, 5.74) is 0.424. The number of nitrogens with zero attached hydrogens (tertiary/aromatic N) is 2. The summed E-state index contributed by atoms with van der Waals surface area (Å²) in [5.74, 6) is -0.381. The summed E-state index contributed by atoms with van der Waals surface area (Å²) in [5, 5.41) is 10.2. The number of rotatable bonds is 4. The molecule has 0 spiro atoms. The summed E-state index contributed by atoms with van der Waals surface area (Å²) in [7, 11) is 1.72. The first-order valence-electron chi connectivity index (χ1n) is 7.31. The van der Waals surface area contributed by atoms with Crippen LogP contribution in [0.2, 0.25) is 0 Å². The molecule has 1 N–H and O–H groups in total. The third kappa shape index (κ3) is 3.74. The van der Waals surface area contributed by atoms with Crippen LogP contribution in [0.3, 0.4) is 0 Å². The molecule has 0 bridgehead atoms. The third-order valence-corrected chi connectivity index (χ3v) is 4.82. The van der Waals surface area contributed by atoms with Crippen molar-refractivity contribution >= 4 is 22.4 Å². The molecule has 1 aliphatic rings. The quantitative estimate of drug-likeness (QED) is 0.926. The molecule has 6 heteroatoms. The molecule has 1 fully saturated rings. The Bertz CT molecular complexity index is 506. The number of carboxylic acids is 1. The van der Waals surface area contributed by atoms with E-state index in [4.69, 9.17) is 4.74 Å². The Balaban J connectivity index is 2.26. The Morgan fingerprint density at radius 1 is 1.52 bits per heavy atom. The van der Waals surface area contributed by atoms with Crippen LogP contribution in [0.1, 0.15) is 49.0 Å². The predicted molar refractivity (Wildman–Crippen MR) is 84.6 cm³/mol. The van der Waals surface area contributed by atoms with Gasteiger partial charge >= 0.3 is 5.97 Å². The third-order valence-electron chi connectivity index (χ3n) is 3.71. The van der Waals surface area contributed by atoms with E-state index in [-0.39, 0.29) is 5.41 Å². The summed E-state index contributed by atoms with van der Waals surface area (Å²) in [6.45, 7) is 8.59. The summed E-state index contributed by atoms with van der Waals surface area (Å²) in [6, 6.07) is 0. The standard InChI is InChI=1S/C15H24N2O3S/c1-15(2,3)12-11(13(18)19)21-14(16-12)17-7-5-6-10(8-17)9-20-4/h10H,5-9H2,1-4H3,(H,18,19). The minimum Gasteiger partial charge on any atom is -0.477 e. The number of hydrogen-bond acceptors (Lipinski definition) is 5. The highest BCUT2D eigenvalue weighted by Gasteiger charge is 2.30. The first-order valence-corrected chi connectivity index (χ1v) is 8.13. The Kier molecular flexibility index (Phi) is 4.88. The maximum Gasteiger partial charge on any atom is 0.347 e. The molecule has 1 saturated heterocycles. The second kappa shape index (κ2) is 6.32. The largest absolute Gasteiger partial charge is 0.477 e. The van der Waals surface area contributed by atoms with Crippen LogP contribution in [0.5, 0.6) is 0 Å². The minimum absolute atomic E-state index is 0.260. The van der Waals surface area contributed by atoms with E-state index < -0.39 is 5.97 Å². The number of aromatic carboxylic acids is 1. The molecule has 1 unspecified atom stereocenters. The Morgan fingerprint density at radius 2 is 2.24 bits per heavy atom. The van der Waals surface area contributed by atoms with Crippen LogP contribution in [-0.2, 0) is 10.2 Å². The van der Waals surface area contributed by atoms with E-state index >= 15 is 0 Å². The number of aromatic nitrogens is 1. The van der Waals surface area contributed by atoms with E-state index in [0.29, 0.717) is 16.5 Å². The summed E-state index contributed by atoms with van der Waals surface area (Å²) < 4.78 is 5.25. The molecule has 1 atom stereocenters. The van der Waals surface area contributed by atoms with Gasteiger partial charge in [0, 0.05) is 25.6 Å². The SMILES string of the molecule is COCC1CCCN(c2nc(C(C)(C)C)c(C(=O)O)s2)C1. The van der Waals surface area contributed by atoms with Gasteiger partial charge in [-0.3, -0.25) is 0 Å².